The minimum Gasteiger partial charge on any atom is -0.468 e. The summed E-state index contributed by atoms with van der Waals surface area (Å²) in [5, 5.41) is 0. The molecule has 6 nitrogen and oxygen atoms in total. The van der Waals surface area contributed by atoms with Crippen LogP contribution in [-0.4, -0.2) is 38.4 Å². The van der Waals surface area contributed by atoms with Gasteiger partial charge in [0, 0.05) is 12.8 Å². The lowest BCUT2D eigenvalue weighted by Gasteiger charge is -2.23. The average molecular weight is 230 g/mol. The summed E-state index contributed by atoms with van der Waals surface area (Å²) >= 11 is 0. The molecule has 0 aliphatic heterocycles. The van der Waals surface area contributed by atoms with E-state index < -0.39 is 17.8 Å². The molecule has 0 saturated heterocycles. The number of methoxy groups -OCH3 is 1. The average Bonchev–Trinajstić information content (AvgIpc) is 2.28. The Bertz CT molecular complexity index is 298. The minimum absolute atomic E-state index is 0.00194. The van der Waals surface area contributed by atoms with E-state index in [0.717, 1.165) is 0 Å². The minimum atomic E-state index is -0.948. The van der Waals surface area contributed by atoms with Crippen LogP contribution < -0.4 is 0 Å². The fourth-order valence-electron chi connectivity index (χ4n) is 1.64. The van der Waals surface area contributed by atoms with Gasteiger partial charge in [0.25, 0.3) is 0 Å². The Labute approximate surface area is 92.8 Å². The molecule has 2 atom stereocenters. The molecule has 0 radical (unpaired) electrons. The van der Waals surface area contributed by atoms with E-state index in [4.69, 9.17) is 0 Å². The fourth-order valence-corrected chi connectivity index (χ4v) is 1.64. The highest BCUT2D eigenvalue weighted by atomic mass is 17.2. The van der Waals surface area contributed by atoms with Crippen LogP contribution in [-0.2, 0) is 28.9 Å². The summed E-state index contributed by atoms with van der Waals surface area (Å²) in [4.78, 5) is 43.3. The van der Waals surface area contributed by atoms with E-state index in [9.17, 15) is 14.4 Å². The maximum atomic E-state index is 11.6. The second-order valence-electron chi connectivity index (χ2n) is 3.56. The number of hydrogen-bond donors (Lipinski definition) is 0. The molecule has 0 spiro atoms. The maximum Gasteiger partial charge on any atom is 0.316 e. The largest absolute Gasteiger partial charge is 0.468 e. The number of carbonyl (C=O) groups is 3. The number of esters is 1. The zero-order valence-corrected chi connectivity index (χ0v) is 9.23. The molecular weight excluding hydrogens is 216 g/mol. The number of carbonyl (C=O) groups excluding carboxylic acids is 3. The third kappa shape index (κ3) is 2.86. The van der Waals surface area contributed by atoms with Crippen molar-refractivity contribution in [2.24, 2.45) is 11.8 Å². The molecule has 1 rings (SSSR count). The second kappa shape index (κ2) is 5.72. The first-order valence-electron chi connectivity index (χ1n) is 4.89. The van der Waals surface area contributed by atoms with Crippen molar-refractivity contribution in [2.75, 3.05) is 20.8 Å². The van der Waals surface area contributed by atoms with Crippen LogP contribution in [0.5, 0.6) is 0 Å². The van der Waals surface area contributed by atoms with Crippen molar-refractivity contribution in [3.63, 3.8) is 0 Å². The smallest absolute Gasteiger partial charge is 0.316 e. The number of hydrogen-bond acceptors (Lipinski definition) is 6. The van der Waals surface area contributed by atoms with E-state index in [1.54, 1.807) is 0 Å². The predicted molar refractivity (Wildman–Crippen MR) is 51.2 cm³/mol. The zero-order chi connectivity index (χ0) is 12.1. The lowest BCUT2D eigenvalue weighted by Crippen LogP contribution is -2.38. The van der Waals surface area contributed by atoms with Crippen molar-refractivity contribution in [3.8, 4) is 0 Å². The van der Waals surface area contributed by atoms with Crippen LogP contribution in [0.4, 0.5) is 0 Å². The van der Waals surface area contributed by atoms with E-state index in [1.165, 1.54) is 14.2 Å². The molecule has 1 saturated carbocycles. The lowest BCUT2D eigenvalue weighted by atomic mass is 9.80. The third-order valence-electron chi connectivity index (χ3n) is 2.57. The van der Waals surface area contributed by atoms with Gasteiger partial charge in [0.2, 0.25) is 0 Å². The maximum absolute atomic E-state index is 11.6. The van der Waals surface area contributed by atoms with Gasteiger partial charge >= 0.3 is 5.97 Å². The molecule has 0 amide bonds. The first kappa shape index (κ1) is 12.8. The molecule has 1 aliphatic carbocycles. The Kier molecular flexibility index (Phi) is 4.57. The molecule has 0 bridgehead atoms. The highest BCUT2D eigenvalue weighted by Crippen LogP contribution is 2.24. The highest BCUT2D eigenvalue weighted by Gasteiger charge is 2.39. The molecule has 0 aromatic carbocycles. The normalized spacial score (nSPS) is 25.6. The molecule has 1 aliphatic rings. The van der Waals surface area contributed by atoms with Crippen molar-refractivity contribution in [1.29, 1.82) is 0 Å². The van der Waals surface area contributed by atoms with Crippen molar-refractivity contribution < 1.29 is 28.9 Å². The van der Waals surface area contributed by atoms with Crippen LogP contribution in [0.15, 0.2) is 0 Å². The van der Waals surface area contributed by atoms with Gasteiger partial charge in [-0.25, -0.2) is 9.78 Å². The Hall–Kier alpha value is -1.27. The van der Waals surface area contributed by atoms with Gasteiger partial charge in [0.1, 0.15) is 17.5 Å². The first-order chi connectivity index (χ1) is 7.60. The van der Waals surface area contributed by atoms with Gasteiger partial charge in [-0.2, -0.15) is 0 Å². The van der Waals surface area contributed by atoms with Crippen molar-refractivity contribution in [3.05, 3.63) is 0 Å². The van der Waals surface area contributed by atoms with E-state index in [1.807, 2.05) is 0 Å². The summed E-state index contributed by atoms with van der Waals surface area (Å²) in [5.74, 6) is -2.57. The van der Waals surface area contributed by atoms with E-state index in [0.29, 0.717) is 0 Å². The number of ether oxygens (including phenoxy) is 1. The molecule has 0 heterocycles. The van der Waals surface area contributed by atoms with Crippen LogP contribution >= 0.6 is 0 Å². The van der Waals surface area contributed by atoms with Gasteiger partial charge in [-0.15, -0.1) is 0 Å². The van der Waals surface area contributed by atoms with Gasteiger partial charge in [-0.05, 0) is 0 Å². The van der Waals surface area contributed by atoms with Crippen LogP contribution in [0.2, 0.25) is 0 Å². The SMILES string of the molecule is COOCC1CC(=O)C(C(=O)OC)CC1=O. The van der Waals surface area contributed by atoms with Gasteiger partial charge < -0.3 is 4.74 Å². The number of ketones is 2. The summed E-state index contributed by atoms with van der Waals surface area (Å²) in [7, 11) is 2.52. The van der Waals surface area contributed by atoms with Crippen LogP contribution in [0, 0.1) is 11.8 Å². The fraction of sp³-hybridized carbons (Fsp3) is 0.700. The molecule has 90 valence electrons. The molecule has 6 heteroatoms. The van der Waals surface area contributed by atoms with E-state index in [2.05, 4.69) is 14.5 Å². The van der Waals surface area contributed by atoms with E-state index in [-0.39, 0.29) is 31.0 Å². The zero-order valence-electron chi connectivity index (χ0n) is 9.23. The Morgan fingerprint density at radius 3 is 2.50 bits per heavy atom. The van der Waals surface area contributed by atoms with Crippen molar-refractivity contribution in [1.82, 2.24) is 0 Å². The third-order valence-corrected chi connectivity index (χ3v) is 2.57. The van der Waals surface area contributed by atoms with Crippen molar-refractivity contribution >= 4 is 17.5 Å². The topological polar surface area (TPSA) is 78.9 Å². The Morgan fingerprint density at radius 1 is 1.25 bits per heavy atom. The van der Waals surface area contributed by atoms with Crippen LogP contribution in [0.1, 0.15) is 12.8 Å². The molecular formula is C10H14O6. The van der Waals surface area contributed by atoms with Gasteiger partial charge in [-0.3, -0.25) is 14.4 Å². The monoisotopic (exact) mass is 230 g/mol. The standard InChI is InChI=1S/C10H14O6/c1-14-10(13)7-4-8(11)6(3-9(7)12)5-16-15-2/h6-7H,3-5H2,1-2H3. The molecule has 16 heavy (non-hydrogen) atoms. The number of rotatable bonds is 4. The van der Waals surface area contributed by atoms with Gasteiger partial charge in [0.05, 0.1) is 26.7 Å². The molecule has 0 aromatic rings. The van der Waals surface area contributed by atoms with Crippen LogP contribution in [0.25, 0.3) is 0 Å². The summed E-state index contributed by atoms with van der Waals surface area (Å²) in [6.45, 7) is 0.0367. The lowest BCUT2D eigenvalue weighted by molar-refractivity contribution is -0.278. The van der Waals surface area contributed by atoms with Crippen molar-refractivity contribution in [2.45, 2.75) is 12.8 Å². The molecule has 1 fully saturated rings. The summed E-state index contributed by atoms with van der Waals surface area (Å²) in [6.07, 6.45) is -0.106. The second-order valence-corrected chi connectivity index (χ2v) is 3.56. The molecule has 0 aromatic heterocycles. The van der Waals surface area contributed by atoms with E-state index >= 15 is 0 Å². The molecule has 0 N–H and O–H groups in total. The van der Waals surface area contributed by atoms with Crippen LogP contribution in [0.3, 0.4) is 0 Å². The van der Waals surface area contributed by atoms with Gasteiger partial charge in [-0.1, -0.05) is 0 Å². The summed E-state index contributed by atoms with van der Waals surface area (Å²) in [6, 6.07) is 0. The predicted octanol–water partition coefficient (Wildman–Crippen LogP) is -0.0982. The summed E-state index contributed by atoms with van der Waals surface area (Å²) < 4.78 is 4.46. The van der Waals surface area contributed by atoms with Gasteiger partial charge in [0.15, 0.2) is 0 Å². The quantitative estimate of drug-likeness (QED) is 0.290. The summed E-state index contributed by atoms with van der Waals surface area (Å²) in [5.41, 5.74) is 0. The first-order valence-corrected chi connectivity index (χ1v) is 4.89. The Morgan fingerprint density at radius 2 is 1.94 bits per heavy atom. The molecule has 2 unspecified atom stereocenters. The Balaban J connectivity index is 2.60. The number of Topliss-reactive ketones (excluding diaryl/α,β-unsaturated/α-hetero) is 2. The highest BCUT2D eigenvalue weighted by molar-refractivity contribution is 6.06.